The van der Waals surface area contributed by atoms with Crippen LogP contribution >= 0.6 is 0 Å². The quantitative estimate of drug-likeness (QED) is 0.789. The molecule has 0 unspecified atom stereocenters. The van der Waals surface area contributed by atoms with E-state index in [9.17, 15) is 9.59 Å². The Bertz CT molecular complexity index is 394. The fourth-order valence-corrected chi connectivity index (χ4v) is 2.02. The summed E-state index contributed by atoms with van der Waals surface area (Å²) in [7, 11) is 0. The maximum atomic E-state index is 11.9. The lowest BCUT2D eigenvalue weighted by atomic mass is 9.96. The number of rotatable bonds is 2. The minimum atomic E-state index is -0.0134. The van der Waals surface area contributed by atoms with Crippen LogP contribution in [0.4, 0.5) is 5.69 Å². The van der Waals surface area contributed by atoms with Crippen molar-refractivity contribution >= 4 is 17.5 Å². The van der Waals surface area contributed by atoms with Crippen molar-refractivity contribution in [3.05, 3.63) is 12.4 Å². The van der Waals surface area contributed by atoms with Crippen LogP contribution in [0.1, 0.15) is 19.8 Å². The molecule has 0 aromatic carbocycles. The van der Waals surface area contributed by atoms with Gasteiger partial charge in [-0.25, -0.2) is 0 Å². The number of aromatic nitrogens is 2. The first kappa shape index (κ1) is 11.6. The molecule has 0 atom stereocenters. The van der Waals surface area contributed by atoms with E-state index in [4.69, 9.17) is 0 Å². The number of carbonyl (C=O) groups excluding carboxylic acids is 2. The standard InChI is InChI=1S/C11H16N4O2/c1-8(16)15-4-2-9(3-5-15)11(17)14-10-6-12-13-7-10/h6-7,9H,2-5H2,1H3,(H,12,13)(H,14,17). The van der Waals surface area contributed by atoms with Crippen molar-refractivity contribution < 1.29 is 9.59 Å². The van der Waals surface area contributed by atoms with Gasteiger partial charge in [0.2, 0.25) is 11.8 Å². The monoisotopic (exact) mass is 236 g/mol. The Labute approximate surface area is 99.4 Å². The summed E-state index contributed by atoms with van der Waals surface area (Å²) in [5.41, 5.74) is 0.684. The zero-order valence-corrected chi connectivity index (χ0v) is 9.77. The van der Waals surface area contributed by atoms with Gasteiger partial charge in [-0.05, 0) is 12.8 Å². The van der Waals surface area contributed by atoms with Gasteiger partial charge in [0.15, 0.2) is 0 Å². The molecule has 17 heavy (non-hydrogen) atoms. The summed E-state index contributed by atoms with van der Waals surface area (Å²) in [5.74, 6) is 0.0776. The number of hydrogen-bond acceptors (Lipinski definition) is 3. The largest absolute Gasteiger partial charge is 0.343 e. The molecule has 1 aromatic rings. The number of anilines is 1. The summed E-state index contributed by atoms with van der Waals surface area (Å²) in [6.45, 7) is 2.89. The molecule has 0 radical (unpaired) electrons. The van der Waals surface area contributed by atoms with E-state index in [2.05, 4.69) is 15.5 Å². The van der Waals surface area contributed by atoms with E-state index in [1.165, 1.54) is 0 Å². The average Bonchev–Trinajstić information content (AvgIpc) is 2.82. The first-order valence-corrected chi connectivity index (χ1v) is 5.72. The van der Waals surface area contributed by atoms with Crippen molar-refractivity contribution in [2.24, 2.45) is 5.92 Å². The lowest BCUT2D eigenvalue weighted by Crippen LogP contribution is -2.40. The minimum absolute atomic E-state index is 0.00889. The van der Waals surface area contributed by atoms with Crippen LogP contribution in [0.2, 0.25) is 0 Å². The van der Waals surface area contributed by atoms with Crippen molar-refractivity contribution in [1.82, 2.24) is 15.1 Å². The molecule has 6 nitrogen and oxygen atoms in total. The number of nitrogens with zero attached hydrogens (tertiary/aromatic N) is 2. The number of nitrogens with one attached hydrogen (secondary N) is 2. The average molecular weight is 236 g/mol. The predicted octanol–water partition coefficient (Wildman–Crippen LogP) is 0.607. The highest BCUT2D eigenvalue weighted by Gasteiger charge is 2.25. The van der Waals surface area contributed by atoms with E-state index in [0.717, 1.165) is 12.8 Å². The number of likely N-dealkylation sites (tertiary alicyclic amines) is 1. The first-order chi connectivity index (χ1) is 8.16. The fraction of sp³-hybridized carbons (Fsp3) is 0.545. The lowest BCUT2D eigenvalue weighted by Gasteiger charge is -2.30. The maximum Gasteiger partial charge on any atom is 0.227 e. The molecule has 2 heterocycles. The second-order valence-corrected chi connectivity index (χ2v) is 4.26. The van der Waals surface area contributed by atoms with Crippen LogP contribution in [0.25, 0.3) is 0 Å². The summed E-state index contributed by atoms with van der Waals surface area (Å²) < 4.78 is 0. The molecular weight excluding hydrogens is 220 g/mol. The summed E-state index contributed by atoms with van der Waals surface area (Å²) in [6, 6.07) is 0. The Kier molecular flexibility index (Phi) is 3.41. The summed E-state index contributed by atoms with van der Waals surface area (Å²) in [6.07, 6.45) is 4.66. The van der Waals surface area contributed by atoms with Gasteiger partial charge in [0, 0.05) is 32.1 Å². The van der Waals surface area contributed by atoms with Crippen LogP contribution < -0.4 is 5.32 Å². The Balaban J connectivity index is 1.84. The number of H-pyrrole nitrogens is 1. The van der Waals surface area contributed by atoms with Crippen LogP contribution in [0, 0.1) is 5.92 Å². The summed E-state index contributed by atoms with van der Waals surface area (Å²) in [5, 5.41) is 9.20. The first-order valence-electron chi connectivity index (χ1n) is 5.72. The third-order valence-corrected chi connectivity index (χ3v) is 3.08. The van der Waals surface area contributed by atoms with E-state index < -0.39 is 0 Å². The molecule has 2 N–H and O–H groups in total. The van der Waals surface area contributed by atoms with E-state index in [1.54, 1.807) is 24.2 Å². The maximum absolute atomic E-state index is 11.9. The lowest BCUT2D eigenvalue weighted by molar-refractivity contribution is -0.132. The molecule has 1 aliphatic rings. The van der Waals surface area contributed by atoms with Gasteiger partial charge in [-0.2, -0.15) is 5.10 Å². The van der Waals surface area contributed by atoms with E-state index in [-0.39, 0.29) is 17.7 Å². The Morgan fingerprint density at radius 3 is 2.71 bits per heavy atom. The topological polar surface area (TPSA) is 78.1 Å². The van der Waals surface area contributed by atoms with Gasteiger partial charge in [0.25, 0.3) is 0 Å². The van der Waals surface area contributed by atoms with Gasteiger partial charge >= 0.3 is 0 Å². The Morgan fingerprint density at radius 1 is 1.47 bits per heavy atom. The summed E-state index contributed by atoms with van der Waals surface area (Å²) >= 11 is 0. The Hall–Kier alpha value is -1.85. The molecule has 0 bridgehead atoms. The van der Waals surface area contributed by atoms with Crippen LogP contribution in [0.5, 0.6) is 0 Å². The third-order valence-electron chi connectivity index (χ3n) is 3.08. The smallest absolute Gasteiger partial charge is 0.227 e. The van der Waals surface area contributed by atoms with Crippen LogP contribution in [-0.4, -0.2) is 40.0 Å². The van der Waals surface area contributed by atoms with Crippen molar-refractivity contribution in [2.45, 2.75) is 19.8 Å². The van der Waals surface area contributed by atoms with Gasteiger partial charge in [-0.3, -0.25) is 14.7 Å². The highest BCUT2D eigenvalue weighted by atomic mass is 16.2. The highest BCUT2D eigenvalue weighted by Crippen LogP contribution is 2.19. The minimum Gasteiger partial charge on any atom is -0.343 e. The second kappa shape index (κ2) is 4.99. The Morgan fingerprint density at radius 2 is 2.18 bits per heavy atom. The zero-order chi connectivity index (χ0) is 12.3. The molecule has 1 aromatic heterocycles. The van der Waals surface area contributed by atoms with Gasteiger partial charge in [-0.15, -0.1) is 0 Å². The normalized spacial score (nSPS) is 16.9. The number of hydrogen-bond donors (Lipinski definition) is 2. The van der Waals surface area contributed by atoms with E-state index in [1.807, 2.05) is 0 Å². The van der Waals surface area contributed by atoms with Gasteiger partial charge < -0.3 is 10.2 Å². The zero-order valence-electron chi connectivity index (χ0n) is 9.77. The molecule has 0 saturated carbocycles. The molecule has 1 saturated heterocycles. The molecule has 1 fully saturated rings. The van der Waals surface area contributed by atoms with Gasteiger partial charge in [0.05, 0.1) is 11.9 Å². The summed E-state index contributed by atoms with van der Waals surface area (Å²) in [4.78, 5) is 24.8. The van der Waals surface area contributed by atoms with Crippen molar-refractivity contribution in [3.63, 3.8) is 0 Å². The number of carbonyl (C=O) groups is 2. The van der Waals surface area contributed by atoms with Gasteiger partial charge in [0.1, 0.15) is 0 Å². The molecule has 0 spiro atoms. The third kappa shape index (κ3) is 2.83. The van der Waals surface area contributed by atoms with Crippen LogP contribution in [-0.2, 0) is 9.59 Å². The van der Waals surface area contributed by atoms with Crippen LogP contribution in [0.3, 0.4) is 0 Å². The van der Waals surface area contributed by atoms with Crippen molar-refractivity contribution in [3.8, 4) is 0 Å². The molecule has 6 heteroatoms. The fourth-order valence-electron chi connectivity index (χ4n) is 2.02. The predicted molar refractivity (Wildman–Crippen MR) is 62.2 cm³/mol. The highest BCUT2D eigenvalue weighted by molar-refractivity contribution is 5.92. The molecule has 1 aliphatic heterocycles. The van der Waals surface area contributed by atoms with Crippen molar-refractivity contribution in [1.29, 1.82) is 0 Å². The molecule has 0 aliphatic carbocycles. The molecule has 2 amide bonds. The number of amides is 2. The van der Waals surface area contributed by atoms with Crippen LogP contribution in [0.15, 0.2) is 12.4 Å². The molecule has 92 valence electrons. The SMILES string of the molecule is CC(=O)N1CCC(C(=O)Nc2cn[nH]c2)CC1. The molecule has 2 rings (SSSR count). The number of piperidine rings is 1. The van der Waals surface area contributed by atoms with E-state index in [0.29, 0.717) is 18.8 Å². The molecular formula is C11H16N4O2. The number of aromatic amines is 1. The second-order valence-electron chi connectivity index (χ2n) is 4.26. The van der Waals surface area contributed by atoms with Gasteiger partial charge in [-0.1, -0.05) is 0 Å². The van der Waals surface area contributed by atoms with Crippen molar-refractivity contribution in [2.75, 3.05) is 18.4 Å². The van der Waals surface area contributed by atoms with E-state index >= 15 is 0 Å².